The maximum Gasteiger partial charge on any atom is 0.330 e. The highest BCUT2D eigenvalue weighted by Crippen LogP contribution is 2.36. The number of aliphatic hydroxyl groups is 1. The lowest BCUT2D eigenvalue weighted by molar-refractivity contribution is -0.0408. The van der Waals surface area contributed by atoms with Crippen LogP contribution in [0.4, 0.5) is 0 Å². The molecular formula is C15H24N2O4. The number of aromatic nitrogens is 2. The van der Waals surface area contributed by atoms with Gasteiger partial charge in [0.15, 0.2) is 0 Å². The topological polar surface area (TPSA) is 84.3 Å². The van der Waals surface area contributed by atoms with Crippen LogP contribution >= 0.6 is 0 Å². The minimum atomic E-state index is -0.597. The molecule has 2 rings (SSSR count). The lowest BCUT2D eigenvalue weighted by Gasteiger charge is -2.27. The second-order valence-electron chi connectivity index (χ2n) is 6.63. The Morgan fingerprint density at radius 1 is 1.48 bits per heavy atom. The van der Waals surface area contributed by atoms with Crippen LogP contribution in [0.5, 0.6) is 0 Å². The minimum Gasteiger partial charge on any atom is -0.390 e. The van der Waals surface area contributed by atoms with Crippen LogP contribution in [-0.4, -0.2) is 26.9 Å². The zero-order valence-corrected chi connectivity index (χ0v) is 13.0. The average molecular weight is 296 g/mol. The summed E-state index contributed by atoms with van der Waals surface area (Å²) < 4.78 is 7.22. The summed E-state index contributed by atoms with van der Waals surface area (Å²) in [5, 5.41) is 10.2. The molecule has 1 aliphatic rings. The summed E-state index contributed by atoms with van der Waals surface area (Å²) in [5.74, 6) is 0. The van der Waals surface area contributed by atoms with E-state index in [-0.39, 0.29) is 11.5 Å². The fourth-order valence-electron chi connectivity index (χ4n) is 2.56. The molecule has 3 atom stereocenters. The standard InChI is InChI=1S/C15H24N2O4/c1-5-15(3,4)7-11-10(18)6-12(21-11)17-8-9(2)13(19)16-14(17)20/h8,10-12,18H,5-7H2,1-4H3,(H,16,19,20). The van der Waals surface area contributed by atoms with Gasteiger partial charge in [0.05, 0.1) is 12.2 Å². The van der Waals surface area contributed by atoms with Gasteiger partial charge in [-0.25, -0.2) is 4.79 Å². The molecule has 2 heterocycles. The number of aryl methyl sites for hydroxylation is 1. The zero-order valence-electron chi connectivity index (χ0n) is 13.0. The third kappa shape index (κ3) is 3.44. The van der Waals surface area contributed by atoms with Crippen LogP contribution < -0.4 is 11.2 Å². The van der Waals surface area contributed by atoms with Crippen LogP contribution in [0.1, 0.15) is 51.8 Å². The quantitative estimate of drug-likeness (QED) is 0.877. The summed E-state index contributed by atoms with van der Waals surface area (Å²) in [7, 11) is 0. The molecule has 1 fully saturated rings. The molecule has 0 aromatic carbocycles. The summed E-state index contributed by atoms with van der Waals surface area (Å²) >= 11 is 0. The van der Waals surface area contributed by atoms with Gasteiger partial charge in [-0.1, -0.05) is 27.2 Å². The Labute approximate surface area is 123 Å². The molecule has 0 saturated carbocycles. The normalized spacial score (nSPS) is 26.2. The fourth-order valence-corrected chi connectivity index (χ4v) is 2.56. The molecule has 6 nitrogen and oxygen atoms in total. The van der Waals surface area contributed by atoms with E-state index in [1.165, 1.54) is 10.8 Å². The average Bonchev–Trinajstić information content (AvgIpc) is 2.74. The van der Waals surface area contributed by atoms with Crippen molar-refractivity contribution in [2.45, 2.75) is 65.4 Å². The van der Waals surface area contributed by atoms with Crippen molar-refractivity contribution < 1.29 is 9.84 Å². The maximum atomic E-state index is 11.9. The number of hydrogen-bond donors (Lipinski definition) is 2. The van der Waals surface area contributed by atoms with Crippen LogP contribution in [0.2, 0.25) is 0 Å². The summed E-state index contributed by atoms with van der Waals surface area (Å²) in [4.78, 5) is 25.5. The Morgan fingerprint density at radius 2 is 2.14 bits per heavy atom. The molecule has 118 valence electrons. The van der Waals surface area contributed by atoms with Gasteiger partial charge in [-0.15, -0.1) is 0 Å². The summed E-state index contributed by atoms with van der Waals surface area (Å²) in [6.45, 7) is 8.01. The molecule has 6 heteroatoms. The lowest BCUT2D eigenvalue weighted by atomic mass is 9.83. The van der Waals surface area contributed by atoms with Gasteiger partial charge in [0.25, 0.3) is 5.56 Å². The van der Waals surface area contributed by atoms with Crippen LogP contribution in [0, 0.1) is 12.3 Å². The Balaban J connectivity index is 2.20. The molecule has 1 saturated heterocycles. The van der Waals surface area contributed by atoms with Crippen molar-refractivity contribution in [3.8, 4) is 0 Å². The number of ether oxygens (including phenoxy) is 1. The molecule has 1 aromatic heterocycles. The molecule has 2 N–H and O–H groups in total. The largest absolute Gasteiger partial charge is 0.390 e. The van der Waals surface area contributed by atoms with Crippen molar-refractivity contribution >= 4 is 0 Å². The van der Waals surface area contributed by atoms with Gasteiger partial charge in [-0.3, -0.25) is 14.3 Å². The van der Waals surface area contributed by atoms with Gasteiger partial charge in [0.1, 0.15) is 6.23 Å². The van der Waals surface area contributed by atoms with E-state index in [1.807, 2.05) is 0 Å². The van der Waals surface area contributed by atoms with Crippen molar-refractivity contribution in [2.75, 3.05) is 0 Å². The van der Waals surface area contributed by atoms with Crippen molar-refractivity contribution in [2.24, 2.45) is 5.41 Å². The van der Waals surface area contributed by atoms with Crippen LogP contribution in [0.15, 0.2) is 15.8 Å². The van der Waals surface area contributed by atoms with Crippen molar-refractivity contribution in [3.05, 3.63) is 32.6 Å². The van der Waals surface area contributed by atoms with Gasteiger partial charge in [-0.05, 0) is 18.8 Å². The van der Waals surface area contributed by atoms with Crippen molar-refractivity contribution in [1.29, 1.82) is 0 Å². The first-order valence-corrected chi connectivity index (χ1v) is 7.39. The summed E-state index contributed by atoms with van der Waals surface area (Å²) in [5.41, 5.74) is -0.367. The van der Waals surface area contributed by atoms with Gasteiger partial charge in [0.2, 0.25) is 0 Å². The highest BCUT2D eigenvalue weighted by Gasteiger charge is 2.38. The Kier molecular flexibility index (Phi) is 4.39. The number of aromatic amines is 1. The molecule has 21 heavy (non-hydrogen) atoms. The van der Waals surface area contributed by atoms with E-state index in [9.17, 15) is 14.7 Å². The predicted molar refractivity (Wildman–Crippen MR) is 79.3 cm³/mol. The molecule has 0 aliphatic carbocycles. The first-order chi connectivity index (χ1) is 9.73. The number of hydrogen-bond acceptors (Lipinski definition) is 4. The molecular weight excluding hydrogens is 272 g/mol. The molecule has 3 unspecified atom stereocenters. The predicted octanol–water partition coefficient (Wildman–Crippen LogP) is 1.32. The highest BCUT2D eigenvalue weighted by molar-refractivity contribution is 5.02. The number of H-pyrrole nitrogens is 1. The fraction of sp³-hybridized carbons (Fsp3) is 0.733. The van der Waals surface area contributed by atoms with E-state index in [1.54, 1.807) is 6.92 Å². The molecule has 1 aliphatic heterocycles. The summed E-state index contributed by atoms with van der Waals surface area (Å²) in [6.07, 6.45) is 2.16. The summed E-state index contributed by atoms with van der Waals surface area (Å²) in [6, 6.07) is 0. The van der Waals surface area contributed by atoms with E-state index in [0.29, 0.717) is 12.0 Å². The van der Waals surface area contributed by atoms with Crippen LogP contribution in [0.25, 0.3) is 0 Å². The highest BCUT2D eigenvalue weighted by atomic mass is 16.5. The zero-order chi connectivity index (χ0) is 15.8. The van der Waals surface area contributed by atoms with Gasteiger partial charge >= 0.3 is 5.69 Å². The molecule has 1 aromatic rings. The monoisotopic (exact) mass is 296 g/mol. The van der Waals surface area contributed by atoms with E-state index in [2.05, 4.69) is 25.8 Å². The molecule has 0 bridgehead atoms. The third-order valence-corrected chi connectivity index (χ3v) is 4.37. The second-order valence-corrected chi connectivity index (χ2v) is 6.63. The number of nitrogens with zero attached hydrogens (tertiary/aromatic N) is 1. The van der Waals surface area contributed by atoms with Crippen LogP contribution in [-0.2, 0) is 4.74 Å². The Hall–Kier alpha value is -1.40. The smallest absolute Gasteiger partial charge is 0.330 e. The van der Waals surface area contributed by atoms with Crippen molar-refractivity contribution in [1.82, 2.24) is 9.55 Å². The van der Waals surface area contributed by atoms with E-state index >= 15 is 0 Å². The van der Waals surface area contributed by atoms with Gasteiger partial charge < -0.3 is 9.84 Å². The number of nitrogens with one attached hydrogen (secondary N) is 1. The van der Waals surface area contributed by atoms with Crippen LogP contribution in [0.3, 0.4) is 0 Å². The Morgan fingerprint density at radius 3 is 2.76 bits per heavy atom. The second kappa shape index (κ2) is 5.77. The number of rotatable bonds is 4. The first kappa shape index (κ1) is 16.0. The maximum absolute atomic E-state index is 11.9. The van der Waals surface area contributed by atoms with Crippen molar-refractivity contribution in [3.63, 3.8) is 0 Å². The molecule has 0 amide bonds. The van der Waals surface area contributed by atoms with Gasteiger partial charge in [0, 0.05) is 18.2 Å². The number of aliphatic hydroxyl groups excluding tert-OH is 1. The van der Waals surface area contributed by atoms with E-state index < -0.39 is 23.6 Å². The SMILES string of the molecule is CCC(C)(C)CC1OC(n2cc(C)c(=O)[nH]c2=O)CC1O. The third-order valence-electron chi connectivity index (χ3n) is 4.37. The molecule has 0 spiro atoms. The lowest BCUT2D eigenvalue weighted by Crippen LogP contribution is -2.33. The Bertz CT molecular complexity index is 617. The molecule has 0 radical (unpaired) electrons. The minimum absolute atomic E-state index is 0.0758. The van der Waals surface area contributed by atoms with Gasteiger partial charge in [-0.2, -0.15) is 0 Å². The first-order valence-electron chi connectivity index (χ1n) is 7.39. The van der Waals surface area contributed by atoms with E-state index in [0.717, 1.165) is 12.8 Å². The van der Waals surface area contributed by atoms with E-state index in [4.69, 9.17) is 4.74 Å².